The average molecular weight is 262 g/mol. The molecular weight excluding hydrogens is 248 g/mol. The van der Waals surface area contributed by atoms with Crippen LogP contribution in [0.4, 0.5) is 0 Å². The quantitative estimate of drug-likeness (QED) is 0.573. The maximum Gasteiger partial charge on any atom is 0.319 e. The molecule has 1 aromatic heterocycles. The first-order chi connectivity index (χ1) is 7.67. The fourth-order valence-corrected chi connectivity index (χ4v) is 1.99. The Morgan fingerprint density at radius 3 is 2.94 bits per heavy atom. The van der Waals surface area contributed by atoms with Gasteiger partial charge in [0.2, 0.25) is 5.89 Å². The molecule has 0 saturated carbocycles. The van der Waals surface area contributed by atoms with Crippen LogP contribution in [0.1, 0.15) is 19.7 Å². The first-order valence-corrected chi connectivity index (χ1v) is 7.09. The van der Waals surface area contributed by atoms with Gasteiger partial charge >= 0.3 is 5.97 Å². The van der Waals surface area contributed by atoms with Crippen LogP contribution in [-0.2, 0) is 15.3 Å². The lowest BCUT2D eigenvalue weighted by molar-refractivity contribution is -0.142. The van der Waals surface area contributed by atoms with Gasteiger partial charge in [-0.15, -0.1) is 10.2 Å². The van der Waals surface area contributed by atoms with E-state index in [2.05, 4.69) is 10.2 Å². The van der Waals surface area contributed by atoms with E-state index < -0.39 is 0 Å². The fourth-order valence-electron chi connectivity index (χ4n) is 0.927. The minimum Gasteiger partial charge on any atom is -0.465 e. The van der Waals surface area contributed by atoms with E-state index in [4.69, 9.17) is 9.15 Å². The van der Waals surface area contributed by atoms with E-state index in [-0.39, 0.29) is 11.2 Å². The molecule has 0 spiro atoms. The van der Waals surface area contributed by atoms with Gasteiger partial charge in [0, 0.05) is 0 Å². The Kier molecular flexibility index (Phi) is 5.68. The number of aromatic nitrogens is 2. The highest BCUT2D eigenvalue weighted by Crippen LogP contribution is 2.23. The number of thioether (sulfide) groups is 2. The molecule has 0 saturated heterocycles. The number of carbonyl (C=O) groups is 1. The molecule has 0 N–H and O–H groups in total. The summed E-state index contributed by atoms with van der Waals surface area (Å²) < 4.78 is 10.2. The van der Waals surface area contributed by atoms with Crippen molar-refractivity contribution in [1.82, 2.24) is 10.2 Å². The topological polar surface area (TPSA) is 65.2 Å². The van der Waals surface area contributed by atoms with Crippen molar-refractivity contribution >= 4 is 29.5 Å². The zero-order valence-corrected chi connectivity index (χ0v) is 11.1. The van der Waals surface area contributed by atoms with Gasteiger partial charge in [0.15, 0.2) is 0 Å². The highest BCUT2D eigenvalue weighted by molar-refractivity contribution is 8.00. The third-order valence-electron chi connectivity index (χ3n) is 1.61. The SMILES string of the molecule is CCOC(=O)[C@@H](C)Sc1nnc(CSC)o1. The molecule has 5 nitrogen and oxygen atoms in total. The molecule has 1 heterocycles. The van der Waals surface area contributed by atoms with Crippen LogP contribution in [0.3, 0.4) is 0 Å². The Morgan fingerprint density at radius 1 is 1.56 bits per heavy atom. The van der Waals surface area contributed by atoms with E-state index in [0.717, 1.165) is 0 Å². The molecule has 0 aromatic carbocycles. The van der Waals surface area contributed by atoms with Gasteiger partial charge < -0.3 is 9.15 Å². The Hall–Kier alpha value is -0.690. The fraction of sp³-hybridized carbons (Fsp3) is 0.667. The number of carbonyl (C=O) groups excluding carboxylic acids is 1. The lowest BCUT2D eigenvalue weighted by Crippen LogP contribution is -2.16. The Labute approximate surface area is 103 Å². The van der Waals surface area contributed by atoms with Crippen molar-refractivity contribution in [3.8, 4) is 0 Å². The van der Waals surface area contributed by atoms with E-state index in [9.17, 15) is 4.79 Å². The monoisotopic (exact) mass is 262 g/mol. The second-order valence-electron chi connectivity index (χ2n) is 2.91. The Balaban J connectivity index is 2.48. The van der Waals surface area contributed by atoms with E-state index >= 15 is 0 Å². The van der Waals surface area contributed by atoms with Gasteiger partial charge in [0.1, 0.15) is 5.25 Å². The van der Waals surface area contributed by atoms with Gasteiger partial charge in [0.05, 0.1) is 12.4 Å². The molecule has 0 unspecified atom stereocenters. The molecule has 90 valence electrons. The summed E-state index contributed by atoms with van der Waals surface area (Å²) >= 11 is 2.82. The normalized spacial score (nSPS) is 12.4. The molecule has 0 fully saturated rings. The molecule has 0 aliphatic carbocycles. The minimum absolute atomic E-state index is 0.267. The van der Waals surface area contributed by atoms with Gasteiger partial charge in [-0.05, 0) is 20.1 Å². The highest BCUT2D eigenvalue weighted by Gasteiger charge is 2.18. The van der Waals surface area contributed by atoms with Crippen LogP contribution in [0.25, 0.3) is 0 Å². The number of esters is 1. The number of hydrogen-bond donors (Lipinski definition) is 0. The maximum absolute atomic E-state index is 11.3. The molecule has 0 radical (unpaired) electrons. The molecule has 1 aromatic rings. The summed E-state index contributed by atoms with van der Waals surface area (Å²) in [6, 6.07) is 0. The zero-order valence-electron chi connectivity index (χ0n) is 9.43. The van der Waals surface area contributed by atoms with E-state index in [1.165, 1.54) is 11.8 Å². The van der Waals surface area contributed by atoms with Crippen LogP contribution >= 0.6 is 23.5 Å². The van der Waals surface area contributed by atoms with Crippen molar-refractivity contribution in [1.29, 1.82) is 0 Å². The molecule has 16 heavy (non-hydrogen) atoms. The van der Waals surface area contributed by atoms with Crippen LogP contribution in [0.5, 0.6) is 0 Å². The third kappa shape index (κ3) is 4.05. The van der Waals surface area contributed by atoms with Crippen LogP contribution in [0.2, 0.25) is 0 Å². The van der Waals surface area contributed by atoms with Crippen molar-refractivity contribution < 1.29 is 13.9 Å². The lowest BCUT2D eigenvalue weighted by atomic mass is 10.5. The van der Waals surface area contributed by atoms with Crippen molar-refractivity contribution in [2.24, 2.45) is 0 Å². The molecular formula is C9H14N2O3S2. The zero-order chi connectivity index (χ0) is 12.0. The van der Waals surface area contributed by atoms with Crippen LogP contribution < -0.4 is 0 Å². The average Bonchev–Trinajstić information content (AvgIpc) is 2.66. The standard InChI is InChI=1S/C9H14N2O3S2/c1-4-13-8(12)6(2)16-9-11-10-7(14-9)5-15-3/h6H,4-5H2,1-3H3/t6-/m1/s1. The summed E-state index contributed by atoms with van der Waals surface area (Å²) in [5.74, 6) is 0.990. The first-order valence-electron chi connectivity index (χ1n) is 4.82. The van der Waals surface area contributed by atoms with Crippen molar-refractivity contribution in [3.63, 3.8) is 0 Å². The predicted octanol–water partition coefficient (Wildman–Crippen LogP) is 1.98. The lowest BCUT2D eigenvalue weighted by Gasteiger charge is -2.06. The van der Waals surface area contributed by atoms with Gasteiger partial charge in [0.25, 0.3) is 5.22 Å². The Bertz CT molecular complexity index is 343. The summed E-state index contributed by atoms with van der Waals surface area (Å²) in [4.78, 5) is 11.3. The molecule has 1 atom stereocenters. The molecule has 0 aliphatic rings. The smallest absolute Gasteiger partial charge is 0.319 e. The number of hydrogen-bond acceptors (Lipinski definition) is 7. The summed E-state index contributed by atoms with van der Waals surface area (Å²) in [5, 5.41) is 7.77. The number of ether oxygens (including phenoxy) is 1. The van der Waals surface area contributed by atoms with Gasteiger partial charge in [-0.25, -0.2) is 0 Å². The maximum atomic E-state index is 11.3. The second-order valence-corrected chi connectivity index (χ2v) is 5.06. The molecule has 0 amide bonds. The second kappa shape index (κ2) is 6.80. The molecule has 0 bridgehead atoms. The summed E-state index contributed by atoms with van der Waals surface area (Å²) in [6.07, 6.45) is 1.96. The van der Waals surface area contributed by atoms with Gasteiger partial charge in [-0.1, -0.05) is 11.8 Å². The van der Waals surface area contributed by atoms with Crippen molar-refractivity contribution in [2.45, 2.75) is 30.1 Å². The summed E-state index contributed by atoms with van der Waals surface area (Å²) in [5.41, 5.74) is 0. The minimum atomic E-state index is -0.331. The van der Waals surface area contributed by atoms with Crippen LogP contribution in [0.15, 0.2) is 9.64 Å². The van der Waals surface area contributed by atoms with Crippen LogP contribution in [-0.4, -0.2) is 34.3 Å². The highest BCUT2D eigenvalue weighted by atomic mass is 32.2. The predicted molar refractivity (Wildman–Crippen MR) is 63.5 cm³/mol. The van der Waals surface area contributed by atoms with Crippen molar-refractivity contribution in [2.75, 3.05) is 12.9 Å². The van der Waals surface area contributed by atoms with E-state index in [1.54, 1.807) is 25.6 Å². The Morgan fingerprint density at radius 2 is 2.31 bits per heavy atom. The van der Waals surface area contributed by atoms with Gasteiger partial charge in [-0.3, -0.25) is 4.79 Å². The number of rotatable bonds is 6. The van der Waals surface area contributed by atoms with E-state index in [1.807, 2.05) is 6.26 Å². The number of nitrogens with zero attached hydrogens (tertiary/aromatic N) is 2. The summed E-state index contributed by atoms with van der Waals surface area (Å²) in [7, 11) is 0. The molecule has 0 aliphatic heterocycles. The van der Waals surface area contributed by atoms with E-state index in [0.29, 0.717) is 23.5 Å². The van der Waals surface area contributed by atoms with Crippen molar-refractivity contribution in [3.05, 3.63) is 5.89 Å². The van der Waals surface area contributed by atoms with Crippen LogP contribution in [0, 0.1) is 0 Å². The molecule has 1 rings (SSSR count). The largest absolute Gasteiger partial charge is 0.465 e. The molecule has 7 heteroatoms. The summed E-state index contributed by atoms with van der Waals surface area (Å²) in [6.45, 7) is 3.91. The van der Waals surface area contributed by atoms with Gasteiger partial charge in [-0.2, -0.15) is 11.8 Å². The third-order valence-corrected chi connectivity index (χ3v) is 3.06. The first kappa shape index (κ1) is 13.4.